The second kappa shape index (κ2) is 4.48. The summed E-state index contributed by atoms with van der Waals surface area (Å²) in [5, 5.41) is 3.86. The minimum atomic E-state index is -2.89. The highest BCUT2D eigenvalue weighted by atomic mass is 127. The Balaban J connectivity index is 2.20. The summed E-state index contributed by atoms with van der Waals surface area (Å²) < 4.78 is 29.7. The molecule has 0 aliphatic carbocycles. The summed E-state index contributed by atoms with van der Waals surface area (Å²) in [5.74, 6) is -2.89. The van der Waals surface area contributed by atoms with Gasteiger partial charge in [-0.3, -0.25) is 4.68 Å². The van der Waals surface area contributed by atoms with Gasteiger partial charge >= 0.3 is 0 Å². The first-order valence-electron chi connectivity index (χ1n) is 4.69. The predicted octanol–water partition coefficient (Wildman–Crippen LogP) is 3.28. The first-order chi connectivity index (χ1) is 7.58. The van der Waals surface area contributed by atoms with E-state index in [1.807, 2.05) is 22.6 Å². The lowest BCUT2D eigenvalue weighted by molar-refractivity contribution is -0.0254. The monoisotopic (exact) mass is 334 g/mol. The molecular weight excluding hydrogens is 325 g/mol. The molecule has 0 saturated heterocycles. The summed E-state index contributed by atoms with van der Waals surface area (Å²) in [5.41, 5.74) is 0.0144. The van der Waals surface area contributed by atoms with Crippen molar-refractivity contribution in [3.63, 3.8) is 0 Å². The van der Waals surface area contributed by atoms with Crippen LogP contribution in [0.3, 0.4) is 0 Å². The fraction of sp³-hybridized carbons (Fsp3) is 0.182. The van der Waals surface area contributed by atoms with Crippen molar-refractivity contribution in [2.45, 2.75) is 12.5 Å². The van der Waals surface area contributed by atoms with Gasteiger partial charge in [-0.2, -0.15) is 13.9 Å². The van der Waals surface area contributed by atoms with Crippen LogP contribution in [0, 0.1) is 3.57 Å². The first-order valence-corrected chi connectivity index (χ1v) is 5.77. The lowest BCUT2D eigenvalue weighted by Crippen LogP contribution is -2.21. The van der Waals surface area contributed by atoms with Crippen molar-refractivity contribution in [2.75, 3.05) is 0 Å². The summed E-state index contributed by atoms with van der Waals surface area (Å²) in [6.45, 7) is -0.431. The van der Waals surface area contributed by atoms with Crippen molar-refractivity contribution >= 4 is 22.6 Å². The Bertz CT molecular complexity index is 468. The van der Waals surface area contributed by atoms with Gasteiger partial charge in [-0.1, -0.05) is 30.3 Å². The Hall–Kier alpha value is -0.980. The van der Waals surface area contributed by atoms with Gasteiger partial charge in [0.1, 0.15) is 6.54 Å². The number of benzene rings is 1. The van der Waals surface area contributed by atoms with Crippen LogP contribution in [0.1, 0.15) is 5.56 Å². The smallest absolute Gasteiger partial charge is 0.265 e. The van der Waals surface area contributed by atoms with E-state index < -0.39 is 12.5 Å². The predicted molar refractivity (Wildman–Crippen MR) is 65.3 cm³/mol. The first kappa shape index (κ1) is 11.5. The standard InChI is InChI=1S/C11H9F2IN2/c12-11(13,9-4-2-1-3-5-9)8-16-7-10(14)6-15-16/h1-7H,8H2. The normalized spacial score (nSPS) is 11.7. The Morgan fingerprint density at radius 2 is 1.94 bits per heavy atom. The van der Waals surface area contributed by atoms with Gasteiger partial charge in [0, 0.05) is 11.8 Å². The van der Waals surface area contributed by atoms with E-state index in [2.05, 4.69) is 5.10 Å². The lowest BCUT2D eigenvalue weighted by atomic mass is 10.1. The van der Waals surface area contributed by atoms with Crippen LogP contribution in [0.5, 0.6) is 0 Å². The van der Waals surface area contributed by atoms with Gasteiger partial charge in [0.2, 0.25) is 0 Å². The molecule has 0 spiro atoms. The van der Waals surface area contributed by atoms with Crippen LogP contribution in [0.25, 0.3) is 0 Å². The third-order valence-electron chi connectivity index (χ3n) is 2.16. The zero-order valence-corrected chi connectivity index (χ0v) is 10.4. The highest BCUT2D eigenvalue weighted by Crippen LogP contribution is 2.29. The van der Waals surface area contributed by atoms with Gasteiger partial charge in [0.15, 0.2) is 0 Å². The molecule has 1 aromatic carbocycles. The molecule has 0 atom stereocenters. The molecule has 0 unspecified atom stereocenters. The maximum absolute atomic E-state index is 13.8. The number of hydrogen-bond donors (Lipinski definition) is 0. The molecule has 2 aromatic rings. The summed E-state index contributed by atoms with van der Waals surface area (Å²) in [6, 6.07) is 7.78. The van der Waals surface area contributed by atoms with Crippen LogP contribution < -0.4 is 0 Å². The number of rotatable bonds is 3. The van der Waals surface area contributed by atoms with Gasteiger partial charge in [-0.05, 0) is 22.6 Å². The van der Waals surface area contributed by atoms with Crippen molar-refractivity contribution in [2.24, 2.45) is 0 Å². The molecule has 2 rings (SSSR count). The van der Waals surface area contributed by atoms with E-state index in [9.17, 15) is 8.78 Å². The molecule has 16 heavy (non-hydrogen) atoms. The third-order valence-corrected chi connectivity index (χ3v) is 2.72. The summed E-state index contributed by atoms with van der Waals surface area (Å²) in [6.07, 6.45) is 3.15. The van der Waals surface area contributed by atoms with Gasteiger partial charge < -0.3 is 0 Å². The third kappa shape index (κ3) is 2.58. The van der Waals surface area contributed by atoms with Gasteiger partial charge in [0.25, 0.3) is 5.92 Å². The number of halogens is 3. The van der Waals surface area contributed by atoms with Crippen LogP contribution in [-0.2, 0) is 12.5 Å². The fourth-order valence-electron chi connectivity index (χ4n) is 1.40. The van der Waals surface area contributed by atoms with Crippen LogP contribution in [-0.4, -0.2) is 9.78 Å². The lowest BCUT2D eigenvalue weighted by Gasteiger charge is -2.16. The highest BCUT2D eigenvalue weighted by molar-refractivity contribution is 14.1. The van der Waals surface area contributed by atoms with E-state index in [1.165, 1.54) is 16.8 Å². The van der Waals surface area contributed by atoms with E-state index in [0.717, 1.165) is 3.57 Å². The second-order valence-corrected chi connectivity index (χ2v) is 4.67. The molecule has 2 nitrogen and oxygen atoms in total. The number of aromatic nitrogens is 2. The molecule has 1 heterocycles. The molecule has 84 valence electrons. The maximum Gasteiger partial charge on any atom is 0.292 e. The molecule has 0 aliphatic heterocycles. The number of alkyl halides is 2. The van der Waals surface area contributed by atoms with Crippen molar-refractivity contribution < 1.29 is 8.78 Å². The van der Waals surface area contributed by atoms with E-state index in [1.54, 1.807) is 30.6 Å². The molecule has 0 saturated carbocycles. The number of hydrogen-bond acceptors (Lipinski definition) is 1. The fourth-order valence-corrected chi connectivity index (χ4v) is 1.85. The average Bonchev–Trinajstić information content (AvgIpc) is 2.64. The quantitative estimate of drug-likeness (QED) is 0.788. The van der Waals surface area contributed by atoms with E-state index in [0.29, 0.717) is 0 Å². The minimum absolute atomic E-state index is 0.0144. The molecule has 0 N–H and O–H groups in total. The summed E-state index contributed by atoms with van der Waals surface area (Å²) >= 11 is 2.04. The van der Waals surface area contributed by atoms with Crippen molar-refractivity contribution in [1.82, 2.24) is 9.78 Å². The average molecular weight is 334 g/mol. The molecule has 0 amide bonds. The van der Waals surface area contributed by atoms with Gasteiger partial charge in [-0.25, -0.2) is 0 Å². The Morgan fingerprint density at radius 1 is 1.25 bits per heavy atom. The highest BCUT2D eigenvalue weighted by Gasteiger charge is 2.32. The molecule has 0 fully saturated rings. The van der Waals surface area contributed by atoms with E-state index >= 15 is 0 Å². The molecule has 0 bridgehead atoms. The zero-order valence-electron chi connectivity index (χ0n) is 8.28. The number of nitrogens with zero attached hydrogens (tertiary/aromatic N) is 2. The van der Waals surface area contributed by atoms with Gasteiger partial charge in [-0.15, -0.1) is 0 Å². The zero-order chi connectivity index (χ0) is 11.6. The Labute approximate surface area is 105 Å². The summed E-state index contributed by atoms with van der Waals surface area (Å²) in [4.78, 5) is 0. The van der Waals surface area contributed by atoms with Gasteiger partial charge in [0.05, 0.1) is 9.77 Å². The maximum atomic E-state index is 13.8. The van der Waals surface area contributed by atoms with E-state index in [-0.39, 0.29) is 5.56 Å². The molecule has 1 aromatic heterocycles. The van der Waals surface area contributed by atoms with E-state index in [4.69, 9.17) is 0 Å². The Morgan fingerprint density at radius 3 is 2.50 bits per heavy atom. The largest absolute Gasteiger partial charge is 0.292 e. The van der Waals surface area contributed by atoms with Crippen LogP contribution in [0.15, 0.2) is 42.7 Å². The van der Waals surface area contributed by atoms with Crippen LogP contribution >= 0.6 is 22.6 Å². The van der Waals surface area contributed by atoms with Crippen molar-refractivity contribution in [1.29, 1.82) is 0 Å². The topological polar surface area (TPSA) is 17.8 Å². The summed E-state index contributed by atoms with van der Waals surface area (Å²) in [7, 11) is 0. The van der Waals surface area contributed by atoms with Crippen molar-refractivity contribution in [3.8, 4) is 0 Å². The second-order valence-electron chi connectivity index (χ2n) is 3.43. The molecule has 5 heteroatoms. The van der Waals surface area contributed by atoms with Crippen molar-refractivity contribution in [3.05, 3.63) is 51.9 Å². The molecular formula is C11H9F2IN2. The van der Waals surface area contributed by atoms with Crippen LogP contribution in [0.2, 0.25) is 0 Å². The van der Waals surface area contributed by atoms with Crippen LogP contribution in [0.4, 0.5) is 8.78 Å². The minimum Gasteiger partial charge on any atom is -0.265 e. The molecule has 0 aliphatic rings. The molecule has 0 radical (unpaired) electrons. The SMILES string of the molecule is FC(F)(Cn1cc(I)cn1)c1ccccc1. The Kier molecular flexibility index (Phi) is 3.22.